The van der Waals surface area contributed by atoms with Crippen molar-refractivity contribution in [2.45, 2.75) is 25.3 Å². The maximum absolute atomic E-state index is 10.2. The molecule has 1 aliphatic rings. The van der Waals surface area contributed by atoms with Gasteiger partial charge in [0.2, 0.25) is 0 Å². The number of hydrogen-bond donors (Lipinski definition) is 2. The second-order valence-corrected chi connectivity index (χ2v) is 4.21. The highest BCUT2D eigenvalue weighted by Gasteiger charge is 2.12. The van der Waals surface area contributed by atoms with E-state index in [1.807, 2.05) is 11.8 Å². The Kier molecular flexibility index (Phi) is 4.46. The Bertz CT molecular complexity index is 146. The third-order valence-corrected chi connectivity index (χ3v) is 3.04. The van der Waals surface area contributed by atoms with Crippen LogP contribution in [0.2, 0.25) is 0 Å². The van der Waals surface area contributed by atoms with Gasteiger partial charge in [-0.3, -0.25) is 4.79 Å². The maximum Gasteiger partial charge on any atom is 0.304 e. The van der Waals surface area contributed by atoms with Crippen molar-refractivity contribution in [1.29, 1.82) is 0 Å². The summed E-state index contributed by atoms with van der Waals surface area (Å²) in [5.41, 5.74) is 0. The normalized spacial score (nSPS) is 19.3. The summed E-state index contributed by atoms with van der Waals surface area (Å²) < 4.78 is 0. The van der Waals surface area contributed by atoms with Crippen LogP contribution in [0.15, 0.2) is 0 Å². The highest BCUT2D eigenvalue weighted by Crippen LogP contribution is 2.16. The molecule has 0 saturated carbocycles. The summed E-state index contributed by atoms with van der Waals surface area (Å²) >= 11 is 1.98. The second kappa shape index (κ2) is 5.43. The van der Waals surface area contributed by atoms with Crippen LogP contribution in [0.3, 0.4) is 0 Å². The van der Waals surface area contributed by atoms with Gasteiger partial charge in [0.05, 0.1) is 6.42 Å². The van der Waals surface area contributed by atoms with Crippen LogP contribution in [0.1, 0.15) is 19.3 Å². The zero-order valence-electron chi connectivity index (χ0n) is 7.08. The van der Waals surface area contributed by atoms with Crippen molar-refractivity contribution in [2.75, 3.05) is 18.1 Å². The molecular weight excluding hydrogens is 174 g/mol. The average Bonchev–Trinajstić information content (AvgIpc) is 2.05. The molecule has 1 aliphatic heterocycles. The molecule has 1 heterocycles. The third-order valence-electron chi connectivity index (χ3n) is 1.99. The van der Waals surface area contributed by atoms with Gasteiger partial charge < -0.3 is 10.4 Å². The Balaban J connectivity index is 2.01. The summed E-state index contributed by atoms with van der Waals surface area (Å²) in [5, 5.41) is 11.7. The molecule has 1 saturated heterocycles. The Labute approximate surface area is 76.9 Å². The van der Waals surface area contributed by atoms with Crippen LogP contribution in [-0.2, 0) is 4.79 Å². The van der Waals surface area contributed by atoms with Gasteiger partial charge in [0.1, 0.15) is 0 Å². The van der Waals surface area contributed by atoms with Crippen LogP contribution in [0.25, 0.3) is 0 Å². The van der Waals surface area contributed by atoms with E-state index in [4.69, 9.17) is 5.11 Å². The fourth-order valence-corrected chi connectivity index (χ4v) is 2.39. The number of nitrogens with one attached hydrogen (secondary N) is 1. The number of hydrogen-bond acceptors (Lipinski definition) is 3. The molecule has 0 unspecified atom stereocenters. The van der Waals surface area contributed by atoms with E-state index in [1.54, 1.807) is 0 Å². The summed E-state index contributed by atoms with van der Waals surface area (Å²) in [6, 6.07) is 0.561. The Morgan fingerprint density at radius 3 is 2.75 bits per heavy atom. The smallest absolute Gasteiger partial charge is 0.304 e. The fourth-order valence-electron chi connectivity index (χ4n) is 1.28. The summed E-state index contributed by atoms with van der Waals surface area (Å²) in [5.74, 6) is 1.71. The average molecular weight is 189 g/mol. The molecule has 12 heavy (non-hydrogen) atoms. The zero-order valence-corrected chi connectivity index (χ0v) is 7.90. The van der Waals surface area contributed by atoms with E-state index in [0.29, 0.717) is 12.6 Å². The van der Waals surface area contributed by atoms with Crippen molar-refractivity contribution in [3.8, 4) is 0 Å². The van der Waals surface area contributed by atoms with Gasteiger partial charge in [0, 0.05) is 12.6 Å². The largest absolute Gasteiger partial charge is 0.481 e. The summed E-state index contributed by atoms with van der Waals surface area (Å²) in [4.78, 5) is 10.2. The number of carboxylic acids is 1. The van der Waals surface area contributed by atoms with Crippen molar-refractivity contribution in [2.24, 2.45) is 0 Å². The van der Waals surface area contributed by atoms with Crippen LogP contribution < -0.4 is 5.32 Å². The minimum atomic E-state index is -0.715. The van der Waals surface area contributed by atoms with Crippen molar-refractivity contribution in [3.63, 3.8) is 0 Å². The first kappa shape index (κ1) is 9.86. The van der Waals surface area contributed by atoms with Gasteiger partial charge in [-0.15, -0.1) is 0 Å². The molecule has 0 aliphatic carbocycles. The van der Waals surface area contributed by atoms with Crippen molar-refractivity contribution in [1.82, 2.24) is 5.32 Å². The van der Waals surface area contributed by atoms with Crippen molar-refractivity contribution in [3.05, 3.63) is 0 Å². The van der Waals surface area contributed by atoms with E-state index in [1.165, 1.54) is 24.3 Å². The number of thioether (sulfide) groups is 1. The van der Waals surface area contributed by atoms with Crippen LogP contribution in [-0.4, -0.2) is 35.2 Å². The lowest BCUT2D eigenvalue weighted by Gasteiger charge is -2.22. The predicted molar refractivity (Wildman–Crippen MR) is 50.6 cm³/mol. The molecule has 70 valence electrons. The lowest BCUT2D eigenvalue weighted by atomic mass is 10.1. The van der Waals surface area contributed by atoms with Gasteiger partial charge in [-0.2, -0.15) is 11.8 Å². The van der Waals surface area contributed by atoms with Crippen LogP contribution in [0.5, 0.6) is 0 Å². The van der Waals surface area contributed by atoms with Crippen molar-refractivity contribution >= 4 is 17.7 Å². The standard InChI is InChI=1S/C8H15NO2S/c10-8(11)1-4-9-7-2-5-12-6-3-7/h7,9H,1-6H2,(H,10,11). The quantitative estimate of drug-likeness (QED) is 0.691. The lowest BCUT2D eigenvalue weighted by molar-refractivity contribution is -0.136. The van der Waals surface area contributed by atoms with Gasteiger partial charge in [-0.1, -0.05) is 0 Å². The fraction of sp³-hybridized carbons (Fsp3) is 0.875. The Morgan fingerprint density at radius 1 is 1.50 bits per heavy atom. The molecule has 0 aromatic heterocycles. The monoisotopic (exact) mass is 189 g/mol. The van der Waals surface area contributed by atoms with E-state index in [2.05, 4.69) is 5.32 Å². The lowest BCUT2D eigenvalue weighted by Crippen LogP contribution is -2.33. The first-order chi connectivity index (χ1) is 5.79. The van der Waals surface area contributed by atoms with E-state index >= 15 is 0 Å². The van der Waals surface area contributed by atoms with Gasteiger partial charge in [-0.25, -0.2) is 0 Å². The van der Waals surface area contributed by atoms with Gasteiger partial charge in [-0.05, 0) is 24.3 Å². The Morgan fingerprint density at radius 2 is 2.17 bits per heavy atom. The molecule has 0 aromatic rings. The van der Waals surface area contributed by atoms with E-state index in [9.17, 15) is 4.79 Å². The van der Waals surface area contributed by atoms with Crippen LogP contribution >= 0.6 is 11.8 Å². The van der Waals surface area contributed by atoms with Gasteiger partial charge >= 0.3 is 5.97 Å². The molecule has 0 spiro atoms. The minimum Gasteiger partial charge on any atom is -0.481 e. The van der Waals surface area contributed by atoms with Gasteiger partial charge in [0.15, 0.2) is 0 Å². The molecule has 0 radical (unpaired) electrons. The summed E-state index contributed by atoms with van der Waals surface area (Å²) in [7, 11) is 0. The molecule has 2 N–H and O–H groups in total. The highest BCUT2D eigenvalue weighted by atomic mass is 32.2. The topological polar surface area (TPSA) is 49.3 Å². The maximum atomic E-state index is 10.2. The minimum absolute atomic E-state index is 0.240. The van der Waals surface area contributed by atoms with Crippen molar-refractivity contribution < 1.29 is 9.90 Å². The Hall–Kier alpha value is -0.220. The highest BCUT2D eigenvalue weighted by molar-refractivity contribution is 7.99. The molecule has 0 aromatic carbocycles. The molecule has 1 rings (SSSR count). The molecule has 4 heteroatoms. The van der Waals surface area contributed by atoms with E-state index in [0.717, 1.165) is 0 Å². The van der Waals surface area contributed by atoms with E-state index in [-0.39, 0.29) is 6.42 Å². The first-order valence-corrected chi connectivity index (χ1v) is 5.47. The second-order valence-electron chi connectivity index (χ2n) is 2.98. The first-order valence-electron chi connectivity index (χ1n) is 4.32. The molecule has 1 fully saturated rings. The molecule has 0 amide bonds. The molecule has 0 atom stereocenters. The molecular formula is C8H15NO2S. The molecule has 3 nitrogen and oxygen atoms in total. The van der Waals surface area contributed by atoms with Gasteiger partial charge in [0.25, 0.3) is 0 Å². The van der Waals surface area contributed by atoms with Crippen LogP contribution in [0, 0.1) is 0 Å². The van der Waals surface area contributed by atoms with Crippen LogP contribution in [0.4, 0.5) is 0 Å². The zero-order chi connectivity index (χ0) is 8.81. The number of carboxylic acid groups (broad SMARTS) is 1. The predicted octanol–water partition coefficient (Wildman–Crippen LogP) is 0.946. The third kappa shape index (κ3) is 3.97. The van der Waals surface area contributed by atoms with E-state index < -0.39 is 5.97 Å². The number of carbonyl (C=O) groups is 1. The summed E-state index contributed by atoms with van der Waals surface area (Å²) in [6.07, 6.45) is 2.61. The molecule has 0 bridgehead atoms. The summed E-state index contributed by atoms with van der Waals surface area (Å²) in [6.45, 7) is 0.616. The number of rotatable bonds is 4. The SMILES string of the molecule is O=C(O)CCNC1CCSCC1. The number of aliphatic carboxylic acids is 1.